The maximum absolute atomic E-state index is 13.3. The highest BCUT2D eigenvalue weighted by Gasteiger charge is 2.39. The van der Waals surface area contributed by atoms with Crippen molar-refractivity contribution in [1.82, 2.24) is 0 Å². The van der Waals surface area contributed by atoms with Gasteiger partial charge in [-0.25, -0.2) is 25.2 Å². The van der Waals surface area contributed by atoms with Gasteiger partial charge in [0.05, 0.1) is 39.6 Å². The van der Waals surface area contributed by atoms with Crippen LogP contribution in [0.3, 0.4) is 0 Å². The summed E-state index contributed by atoms with van der Waals surface area (Å²) in [6.45, 7) is 8.09. The van der Waals surface area contributed by atoms with Crippen molar-refractivity contribution in [2.24, 2.45) is 0 Å². The Kier molecular flexibility index (Phi) is 36.3. The van der Waals surface area contributed by atoms with E-state index in [2.05, 4.69) is 296 Å². The molecule has 16 aromatic carbocycles. The summed E-state index contributed by atoms with van der Waals surface area (Å²) in [7, 11) is 2.42. The third-order valence-electron chi connectivity index (χ3n) is 21.3. The lowest BCUT2D eigenvalue weighted by molar-refractivity contribution is -0.138. The second kappa shape index (κ2) is 46.2. The van der Waals surface area contributed by atoms with Gasteiger partial charge in [-0.05, 0) is 95.5 Å². The number of benzene rings is 16. The van der Waals surface area contributed by atoms with Gasteiger partial charge in [-0.1, -0.05) is 467 Å². The van der Waals surface area contributed by atoms with E-state index in [9.17, 15) is 48.3 Å². The Labute approximate surface area is 806 Å². The molecule has 130 heavy (non-hydrogen) atoms. The summed E-state index contributed by atoms with van der Waals surface area (Å²) >= 11 is 31.5. The summed E-state index contributed by atoms with van der Waals surface area (Å²) in [4.78, 5) is 0. The van der Waals surface area contributed by atoms with Crippen molar-refractivity contribution in [3.05, 3.63) is 466 Å². The fourth-order valence-corrected chi connectivity index (χ4v) is 16.8. The molecule has 1 nitrogen and oxygen atoms in total. The monoisotopic (exact) mass is 2060 g/mol. The second-order valence-electron chi connectivity index (χ2n) is 29.5. The van der Waals surface area contributed by atoms with Crippen LogP contribution in [0.15, 0.2) is 400 Å². The molecule has 0 aliphatic heterocycles. The smallest absolute Gasteiger partial charge is 0.416 e. The summed E-state index contributed by atoms with van der Waals surface area (Å²) in [5.41, 5.74) is 19.0. The first-order chi connectivity index (χ1) is 61.8. The summed E-state index contributed by atoms with van der Waals surface area (Å²) in [6.07, 6.45) is -19.0. The summed E-state index contributed by atoms with van der Waals surface area (Å²) in [5, 5.41) is 2.20. The highest BCUT2D eigenvalue weighted by molar-refractivity contribution is 9.11. The maximum atomic E-state index is 13.3. The van der Waals surface area contributed by atoms with Crippen LogP contribution >= 0.6 is 98.5 Å². The standard InChI is InChI=1S/C28H19BF9.C25H22B.C24H16BBr4.C7H9BCl.C7H9BFO.C7H9BF.C6H6BCl2/c1-18-2-10-22(11-3-18)29(23-12-4-19(5-13-23)26(30,31)32,24-14-6-20(7-15-24)27(33,34)35)25-16-8-21(9-17-25)28(36,37)38;1-21-17-19-25(20-18-21)26(22-11-5-2-6-12-22,23-13-7-3-8-14-23)24-15-9-4-10-16-24;26-21-9-1-17(2-10-21)25(18-3-11-22(27)12-4-18,19-5-13-23(28)14-6-19)20-7-15-24(29)16-8-20;1-5-4-6(9)2-3-7(5)8;1-10-7-3-2-5(9)4-6(7)8;1-5-2-3-6(9)4-7(5)8;7-4-1-2-5(8)6(9)3-4/h2-17H,1H3;2-20H,1H3;1-16H;2-4H,1,8H3;2-4H,1,8H3;2-4H,1,8H3;1-3H,7H3/q7*-1. The first kappa shape index (κ1) is 102. The molecule has 26 heteroatoms. The lowest BCUT2D eigenvalue weighted by atomic mass is 9.13. The van der Waals surface area contributed by atoms with Gasteiger partial charge in [0, 0.05) is 22.9 Å². The molecule has 16 rings (SSSR count). The van der Waals surface area contributed by atoms with Crippen LogP contribution in [-0.4, -0.2) is 56.9 Å². The molecular formula is C104H90B7Br4Cl3F11O-7. The van der Waals surface area contributed by atoms with Crippen LogP contribution in [0.25, 0.3) is 0 Å². The van der Waals surface area contributed by atoms with E-state index in [1.165, 1.54) is 120 Å². The normalized spacial score (nSPS) is 11.3. The maximum Gasteiger partial charge on any atom is 0.416 e. The van der Waals surface area contributed by atoms with E-state index in [0.717, 1.165) is 76.1 Å². The third-order valence-corrected chi connectivity index (χ3v) is 24.4. The molecule has 0 aliphatic rings. The zero-order valence-corrected chi connectivity index (χ0v) is 76.9. The molecule has 0 atom stereocenters. The van der Waals surface area contributed by atoms with Crippen LogP contribution in [0.1, 0.15) is 38.9 Å². The Bertz CT molecular complexity index is 5790. The summed E-state index contributed by atoms with van der Waals surface area (Å²) in [5.74, 6) is 0.581. The van der Waals surface area contributed by atoms with E-state index < -0.39 is 53.7 Å². The molecule has 0 N–H and O–H groups in total. The summed E-state index contributed by atoms with van der Waals surface area (Å²) in [6, 6.07) is 118. The zero-order chi connectivity index (χ0) is 94.3. The third kappa shape index (κ3) is 26.2. The Hall–Kier alpha value is -10.2. The van der Waals surface area contributed by atoms with Crippen molar-refractivity contribution in [3.8, 4) is 5.75 Å². The minimum absolute atomic E-state index is 0.0277. The number of hydrogen-bond acceptors (Lipinski definition) is 1. The number of ether oxygens (including phenoxy) is 1. The first-order valence-corrected chi connectivity index (χ1v) is 43.6. The number of aryl methyl sites for hydroxylation is 4. The fourth-order valence-electron chi connectivity index (χ4n) is 15.2. The molecular weight excluding hydrogens is 1980 g/mol. The van der Waals surface area contributed by atoms with Crippen molar-refractivity contribution in [3.63, 3.8) is 0 Å². The van der Waals surface area contributed by atoms with Crippen molar-refractivity contribution in [2.75, 3.05) is 7.11 Å². The van der Waals surface area contributed by atoms with E-state index >= 15 is 0 Å². The molecule has 0 aliphatic carbocycles. The second-order valence-corrected chi connectivity index (χ2v) is 34.4. The lowest BCUT2D eigenvalue weighted by Crippen LogP contribution is -2.74. The molecule has 666 valence electrons. The van der Waals surface area contributed by atoms with Crippen molar-refractivity contribution < 1.29 is 53.0 Å². The molecule has 16 aromatic rings. The van der Waals surface area contributed by atoms with E-state index in [1.807, 2.05) is 43.3 Å². The number of halogens is 18. The largest absolute Gasteiger partial charge is 0.500 e. The fraction of sp³-hybridized carbons (Fsp3) is 0.0769. The van der Waals surface area contributed by atoms with Crippen LogP contribution < -0.4 is 92.1 Å². The minimum atomic E-state index is -4.64. The molecule has 0 heterocycles. The molecule has 0 bridgehead atoms. The van der Waals surface area contributed by atoms with Crippen molar-refractivity contribution in [1.29, 1.82) is 0 Å². The van der Waals surface area contributed by atoms with Gasteiger partial charge in [0.2, 0.25) is 0 Å². The van der Waals surface area contributed by atoms with Gasteiger partial charge in [0.1, 0.15) is 30.1 Å². The van der Waals surface area contributed by atoms with Crippen LogP contribution in [0, 0.1) is 39.3 Å². The predicted molar refractivity (Wildman–Crippen MR) is 560 cm³/mol. The van der Waals surface area contributed by atoms with E-state index in [0.29, 0.717) is 39.7 Å². The first-order valence-electron chi connectivity index (χ1n) is 39.3. The molecule has 0 aromatic heterocycles. The molecule has 0 spiro atoms. The van der Waals surface area contributed by atoms with E-state index in [1.54, 1.807) is 62.0 Å². The van der Waals surface area contributed by atoms with Gasteiger partial charge < -0.3 is 4.74 Å². The van der Waals surface area contributed by atoms with Gasteiger partial charge in [-0.2, -0.15) is 111 Å². The topological polar surface area (TPSA) is 9.23 Å². The molecule has 0 unspecified atom stereocenters. The Morgan fingerprint density at radius 1 is 0.262 bits per heavy atom. The number of hydrogen-bond donors (Lipinski definition) is 0. The van der Waals surface area contributed by atoms with Gasteiger partial charge in [0.25, 0.3) is 0 Å². The average molecular weight is 2070 g/mol. The van der Waals surface area contributed by atoms with Gasteiger partial charge >= 0.3 is 18.5 Å². The summed E-state index contributed by atoms with van der Waals surface area (Å²) < 4.78 is 154. The molecule has 0 fully saturated rings. The zero-order valence-electron chi connectivity index (χ0n) is 68.3. The highest BCUT2D eigenvalue weighted by atomic mass is 79.9. The Morgan fingerprint density at radius 3 is 0.769 bits per heavy atom. The van der Waals surface area contributed by atoms with Gasteiger partial charge in [-0.3, -0.25) is 0 Å². The van der Waals surface area contributed by atoms with Gasteiger partial charge in [0.15, 0.2) is 0 Å². The molecule has 0 saturated heterocycles. The van der Waals surface area contributed by atoms with Gasteiger partial charge in [-0.15, -0.1) is 0 Å². The lowest BCUT2D eigenvalue weighted by Gasteiger charge is -2.44. The quantitative estimate of drug-likeness (QED) is 0.0826. The number of methoxy groups -OCH3 is 1. The predicted octanol–water partition coefficient (Wildman–Crippen LogP) is 17.5. The average Bonchev–Trinajstić information content (AvgIpc) is 0.739. The highest BCUT2D eigenvalue weighted by Crippen LogP contribution is 2.33. The Balaban J connectivity index is 0.000000170. The molecule has 0 radical (unpaired) electrons. The number of rotatable bonds is 13. The minimum Gasteiger partial charge on any atom is -0.500 e. The van der Waals surface area contributed by atoms with Crippen LogP contribution in [0.5, 0.6) is 5.75 Å². The van der Waals surface area contributed by atoms with E-state index in [-0.39, 0.29) is 35.2 Å². The van der Waals surface area contributed by atoms with Crippen LogP contribution in [0.2, 0.25) is 15.1 Å². The molecule has 0 amide bonds. The van der Waals surface area contributed by atoms with Crippen molar-refractivity contribution >= 4 is 236 Å². The van der Waals surface area contributed by atoms with Crippen LogP contribution in [0.4, 0.5) is 48.3 Å². The number of alkyl halides is 9. The Morgan fingerprint density at radius 2 is 0.531 bits per heavy atom. The van der Waals surface area contributed by atoms with E-state index in [4.69, 9.17) is 39.5 Å². The van der Waals surface area contributed by atoms with Crippen molar-refractivity contribution in [2.45, 2.75) is 46.2 Å². The molecule has 0 saturated carbocycles. The van der Waals surface area contributed by atoms with Crippen LogP contribution in [-0.2, 0) is 18.5 Å². The SMILES string of the molecule is Brc1ccc([B-](c2ccc(Br)cc2)(c2ccc(Br)cc2)c2ccc(Br)cc2)cc1.Cc1ccc([B-](c2ccc(C(F)(F)F)cc2)(c2ccc(C(F)(F)F)cc2)c2ccc(C(F)(F)F)cc2)cc1.Cc1ccc([B-](c2ccccc2)(c2ccccc2)c2ccccc2)cc1.[BH3-]c1cc(F)ccc1C.[BH3-]c1cc(F)ccc1OC.[BH3-]c1ccc(Cl)c(Cl)c1.[BH3-]c1ccc(Cl)cc1C.